The van der Waals surface area contributed by atoms with Gasteiger partial charge in [-0.15, -0.1) is 5.10 Å². The topological polar surface area (TPSA) is 80.5 Å². The van der Waals surface area contributed by atoms with Crippen LogP contribution in [0.3, 0.4) is 0 Å². The van der Waals surface area contributed by atoms with E-state index in [9.17, 15) is 13.2 Å². The molecule has 0 radical (unpaired) electrons. The van der Waals surface area contributed by atoms with Crippen molar-refractivity contribution in [1.82, 2.24) is 24.6 Å². The normalized spacial score (nSPS) is 22.7. The molecule has 4 heterocycles. The van der Waals surface area contributed by atoms with E-state index in [1.165, 1.54) is 0 Å². The van der Waals surface area contributed by atoms with Crippen LogP contribution in [0.1, 0.15) is 31.4 Å². The molecular weight excluding hydrogens is 435 g/mol. The highest BCUT2D eigenvalue weighted by Crippen LogP contribution is 2.39. The number of nitrogens with one attached hydrogen (secondary N) is 1. The van der Waals surface area contributed by atoms with Gasteiger partial charge in [0.25, 0.3) is 0 Å². The first kappa shape index (κ1) is 21.7. The number of fused-ring (bicyclic) bond motifs is 3. The summed E-state index contributed by atoms with van der Waals surface area (Å²) in [5.41, 5.74) is 1.45. The van der Waals surface area contributed by atoms with Crippen molar-refractivity contribution >= 4 is 17.4 Å². The third-order valence-corrected chi connectivity index (χ3v) is 6.43. The average molecular weight is 461 g/mol. The SMILES string of the molecule is Cc1cc(N2CC3CCC(C2)C3Nc2nc3c(OCCCC(F)(F)F)cccn3n2)ncn1. The average Bonchev–Trinajstić information content (AvgIpc) is 3.27. The number of anilines is 2. The summed E-state index contributed by atoms with van der Waals surface area (Å²) in [6, 6.07) is 5.73. The monoisotopic (exact) mass is 461 g/mol. The number of rotatable bonds is 7. The number of nitrogens with zero attached hydrogens (tertiary/aromatic N) is 6. The molecule has 1 saturated heterocycles. The van der Waals surface area contributed by atoms with Crippen molar-refractivity contribution in [3.05, 3.63) is 36.4 Å². The Labute approximate surface area is 189 Å². The van der Waals surface area contributed by atoms with Gasteiger partial charge in [0.2, 0.25) is 5.95 Å². The van der Waals surface area contributed by atoms with Gasteiger partial charge >= 0.3 is 6.18 Å². The number of halogens is 3. The Morgan fingerprint density at radius 2 is 1.97 bits per heavy atom. The molecule has 1 N–H and O–H groups in total. The Kier molecular flexibility index (Phi) is 5.71. The Morgan fingerprint density at radius 1 is 1.18 bits per heavy atom. The van der Waals surface area contributed by atoms with Crippen molar-refractivity contribution in [3.63, 3.8) is 0 Å². The van der Waals surface area contributed by atoms with Gasteiger partial charge < -0.3 is 15.0 Å². The molecule has 2 aliphatic rings. The van der Waals surface area contributed by atoms with Crippen LogP contribution in [0.2, 0.25) is 0 Å². The molecule has 3 aromatic rings. The van der Waals surface area contributed by atoms with Gasteiger partial charge in [0.05, 0.1) is 6.61 Å². The summed E-state index contributed by atoms with van der Waals surface area (Å²) in [6.45, 7) is 3.76. The first-order chi connectivity index (χ1) is 15.9. The van der Waals surface area contributed by atoms with Crippen LogP contribution in [0.25, 0.3) is 5.65 Å². The van der Waals surface area contributed by atoms with Gasteiger partial charge in [0.1, 0.15) is 12.1 Å². The molecule has 2 unspecified atom stereocenters. The summed E-state index contributed by atoms with van der Waals surface area (Å²) in [4.78, 5) is 15.5. The zero-order valence-electron chi connectivity index (χ0n) is 18.3. The number of hydrogen-bond acceptors (Lipinski definition) is 7. The van der Waals surface area contributed by atoms with Crippen molar-refractivity contribution in [1.29, 1.82) is 0 Å². The van der Waals surface area contributed by atoms with E-state index >= 15 is 0 Å². The lowest BCUT2D eigenvalue weighted by Gasteiger charge is -2.38. The third kappa shape index (κ3) is 4.81. The fourth-order valence-electron chi connectivity index (χ4n) is 4.92. The Balaban J connectivity index is 1.25. The molecule has 176 valence electrons. The largest absolute Gasteiger partial charge is 0.490 e. The van der Waals surface area contributed by atoms with Gasteiger partial charge in [-0.05, 0) is 50.2 Å². The van der Waals surface area contributed by atoms with Crippen LogP contribution in [0.15, 0.2) is 30.7 Å². The van der Waals surface area contributed by atoms with Crippen molar-refractivity contribution in [2.45, 2.75) is 44.8 Å². The first-order valence-electron chi connectivity index (χ1n) is 11.2. The van der Waals surface area contributed by atoms with Crippen LogP contribution < -0.4 is 15.0 Å². The van der Waals surface area contributed by atoms with E-state index in [0.717, 1.165) is 37.4 Å². The molecule has 2 atom stereocenters. The van der Waals surface area contributed by atoms with Gasteiger partial charge in [-0.3, -0.25) is 0 Å². The number of aromatic nitrogens is 5. The minimum atomic E-state index is -4.18. The maximum absolute atomic E-state index is 12.4. The maximum atomic E-state index is 12.4. The summed E-state index contributed by atoms with van der Waals surface area (Å²) in [6.07, 6.45) is 0.477. The van der Waals surface area contributed by atoms with Crippen molar-refractivity contribution < 1.29 is 17.9 Å². The predicted molar refractivity (Wildman–Crippen MR) is 116 cm³/mol. The summed E-state index contributed by atoms with van der Waals surface area (Å²) in [7, 11) is 0. The molecule has 2 bridgehead atoms. The molecule has 3 aromatic heterocycles. The molecule has 1 aliphatic carbocycles. The van der Waals surface area contributed by atoms with E-state index in [1.807, 2.05) is 13.0 Å². The molecule has 0 aromatic carbocycles. The molecule has 1 aliphatic heterocycles. The number of aryl methyl sites for hydroxylation is 1. The summed E-state index contributed by atoms with van der Waals surface area (Å²) < 4.78 is 44.3. The molecule has 0 amide bonds. The minimum absolute atomic E-state index is 0.0278. The second kappa shape index (κ2) is 8.68. The highest BCUT2D eigenvalue weighted by molar-refractivity contribution is 5.56. The lowest BCUT2D eigenvalue weighted by molar-refractivity contribution is -0.136. The summed E-state index contributed by atoms with van der Waals surface area (Å²) in [5, 5.41) is 8.04. The summed E-state index contributed by atoms with van der Waals surface area (Å²) in [5.74, 6) is 2.80. The third-order valence-electron chi connectivity index (χ3n) is 6.43. The van der Waals surface area contributed by atoms with Crippen LogP contribution in [-0.4, -0.2) is 56.5 Å². The highest BCUT2D eigenvalue weighted by atomic mass is 19.4. The first-order valence-corrected chi connectivity index (χ1v) is 11.2. The number of ether oxygens (including phenoxy) is 1. The van der Waals surface area contributed by atoms with Crippen molar-refractivity contribution in [2.75, 3.05) is 29.9 Å². The molecule has 33 heavy (non-hydrogen) atoms. The molecule has 2 fully saturated rings. The number of pyridine rings is 1. The van der Waals surface area contributed by atoms with Gasteiger partial charge in [0, 0.05) is 43.5 Å². The fourth-order valence-corrected chi connectivity index (χ4v) is 4.92. The van der Waals surface area contributed by atoms with E-state index in [2.05, 4.69) is 30.3 Å². The molecular formula is C22H26F3N7O. The van der Waals surface area contributed by atoms with Crippen molar-refractivity contribution in [2.24, 2.45) is 11.8 Å². The zero-order valence-corrected chi connectivity index (χ0v) is 18.3. The number of piperidine rings is 1. The lowest BCUT2D eigenvalue weighted by Crippen LogP contribution is -2.48. The van der Waals surface area contributed by atoms with Crippen LogP contribution in [-0.2, 0) is 0 Å². The van der Waals surface area contributed by atoms with Crippen molar-refractivity contribution in [3.8, 4) is 5.75 Å². The molecule has 5 rings (SSSR count). The van der Waals surface area contributed by atoms with Crippen LogP contribution in [0.5, 0.6) is 5.75 Å². The predicted octanol–water partition coefficient (Wildman–Crippen LogP) is 3.88. The standard InChI is InChI=1S/C22H26F3N7O/c1-14-10-18(27-13-26-14)31-11-15-5-6-16(12-31)19(15)28-21-29-20-17(4-2-8-32(20)30-21)33-9-3-7-22(23,24)25/h2,4,8,10,13,15-16,19H,3,5-7,9,11-12H2,1H3,(H,28,30). The fraction of sp³-hybridized carbons (Fsp3) is 0.545. The van der Waals surface area contributed by atoms with E-state index in [-0.39, 0.29) is 19.1 Å². The number of alkyl halides is 3. The Bertz CT molecular complexity index is 1100. The van der Waals surface area contributed by atoms with Crippen LogP contribution in [0, 0.1) is 18.8 Å². The molecule has 1 saturated carbocycles. The van der Waals surface area contributed by atoms with E-state index in [0.29, 0.717) is 29.2 Å². The van der Waals surface area contributed by atoms with Gasteiger partial charge in [-0.2, -0.15) is 18.2 Å². The van der Waals surface area contributed by atoms with Gasteiger partial charge in [0.15, 0.2) is 11.4 Å². The molecule has 0 spiro atoms. The minimum Gasteiger partial charge on any atom is -0.490 e. The van der Waals surface area contributed by atoms with Gasteiger partial charge in [-0.25, -0.2) is 14.5 Å². The summed E-state index contributed by atoms with van der Waals surface area (Å²) >= 11 is 0. The number of hydrogen-bond donors (Lipinski definition) is 1. The molecule has 8 nitrogen and oxygen atoms in total. The van der Waals surface area contributed by atoms with Crippen LogP contribution >= 0.6 is 0 Å². The van der Waals surface area contributed by atoms with E-state index in [4.69, 9.17) is 4.74 Å². The van der Waals surface area contributed by atoms with Gasteiger partial charge in [-0.1, -0.05) is 0 Å². The Morgan fingerprint density at radius 3 is 2.70 bits per heavy atom. The highest BCUT2D eigenvalue weighted by Gasteiger charge is 2.43. The smallest absolute Gasteiger partial charge is 0.389 e. The Hall–Kier alpha value is -3.11. The van der Waals surface area contributed by atoms with E-state index in [1.54, 1.807) is 29.2 Å². The maximum Gasteiger partial charge on any atom is 0.389 e. The lowest BCUT2D eigenvalue weighted by atomic mass is 9.92. The van der Waals surface area contributed by atoms with Crippen LogP contribution in [0.4, 0.5) is 24.9 Å². The zero-order chi connectivity index (χ0) is 23.0. The second-order valence-corrected chi connectivity index (χ2v) is 8.83. The second-order valence-electron chi connectivity index (χ2n) is 8.83. The van der Waals surface area contributed by atoms with E-state index < -0.39 is 12.6 Å². The molecule has 11 heteroatoms. The quantitative estimate of drug-likeness (QED) is 0.535.